The van der Waals surface area contributed by atoms with Gasteiger partial charge in [-0.25, -0.2) is 0 Å². The molecule has 0 radical (unpaired) electrons. The Morgan fingerprint density at radius 1 is 1.24 bits per heavy atom. The van der Waals surface area contributed by atoms with Crippen LogP contribution in [-0.4, -0.2) is 18.2 Å². The normalized spacial score (nSPS) is 9.90. The number of hydrogen-bond acceptors (Lipinski definition) is 4. The van der Waals surface area contributed by atoms with Crippen molar-refractivity contribution in [3.63, 3.8) is 0 Å². The Bertz CT molecular complexity index is 690. The van der Waals surface area contributed by atoms with Crippen LogP contribution in [0.25, 0.3) is 0 Å². The second-order valence-corrected chi connectivity index (χ2v) is 5.43. The quantitative estimate of drug-likeness (QED) is 0.916. The van der Waals surface area contributed by atoms with Crippen LogP contribution in [-0.2, 0) is 11.2 Å². The van der Waals surface area contributed by atoms with Gasteiger partial charge in [-0.3, -0.25) is 4.79 Å². The van der Waals surface area contributed by atoms with Gasteiger partial charge in [-0.1, -0.05) is 17.8 Å². The first kappa shape index (κ1) is 14.9. The van der Waals surface area contributed by atoms with Crippen molar-refractivity contribution in [2.75, 3.05) is 7.11 Å². The van der Waals surface area contributed by atoms with E-state index in [9.17, 15) is 4.79 Å². The predicted octanol–water partition coefficient (Wildman–Crippen LogP) is 3.35. The Kier molecular flexibility index (Phi) is 4.85. The van der Waals surface area contributed by atoms with Crippen LogP contribution in [0.1, 0.15) is 11.1 Å². The van der Waals surface area contributed by atoms with Gasteiger partial charge in [-0.2, -0.15) is 5.26 Å². The van der Waals surface area contributed by atoms with Crippen molar-refractivity contribution in [3.05, 3.63) is 53.6 Å². The van der Waals surface area contributed by atoms with Crippen LogP contribution in [0.5, 0.6) is 5.75 Å². The molecule has 2 aromatic rings. The lowest BCUT2D eigenvalue weighted by atomic mass is 10.1. The van der Waals surface area contributed by atoms with Gasteiger partial charge in [-0.15, -0.1) is 0 Å². The predicted molar refractivity (Wildman–Crippen MR) is 79.6 cm³/mol. The maximum Gasteiger partial charge on any atom is 0.307 e. The van der Waals surface area contributed by atoms with Crippen LogP contribution < -0.4 is 4.74 Å². The van der Waals surface area contributed by atoms with Crippen LogP contribution in [0.15, 0.2) is 52.3 Å². The smallest absolute Gasteiger partial charge is 0.307 e. The number of nitriles is 1. The van der Waals surface area contributed by atoms with E-state index in [-0.39, 0.29) is 6.42 Å². The Morgan fingerprint density at radius 2 is 1.90 bits per heavy atom. The summed E-state index contributed by atoms with van der Waals surface area (Å²) >= 11 is 1.51. The number of nitrogens with zero attached hydrogens (tertiary/aromatic N) is 1. The number of hydrogen-bond donors (Lipinski definition) is 1. The standard InChI is InChI=1S/C16H13NO3S/c1-20-13-3-6-14(7-4-13)21-15-5-2-11(9-16(18)19)12(8-15)10-17/h2-8H,9H2,1H3,(H,18,19). The zero-order valence-corrected chi connectivity index (χ0v) is 12.2. The average Bonchev–Trinajstić information content (AvgIpc) is 2.49. The highest BCUT2D eigenvalue weighted by Gasteiger charge is 2.08. The fourth-order valence-electron chi connectivity index (χ4n) is 1.82. The molecular weight excluding hydrogens is 286 g/mol. The van der Waals surface area contributed by atoms with Crippen molar-refractivity contribution >= 4 is 17.7 Å². The van der Waals surface area contributed by atoms with E-state index in [1.54, 1.807) is 19.2 Å². The molecule has 0 heterocycles. The minimum absolute atomic E-state index is 0.142. The highest BCUT2D eigenvalue weighted by Crippen LogP contribution is 2.30. The van der Waals surface area contributed by atoms with E-state index in [1.807, 2.05) is 36.4 Å². The summed E-state index contributed by atoms with van der Waals surface area (Å²) in [5, 5.41) is 17.9. The summed E-state index contributed by atoms with van der Waals surface area (Å²) < 4.78 is 5.10. The number of rotatable bonds is 5. The number of benzene rings is 2. The Labute approximate surface area is 127 Å². The van der Waals surface area contributed by atoms with Gasteiger partial charge in [-0.05, 0) is 42.0 Å². The third-order valence-corrected chi connectivity index (χ3v) is 3.84. The summed E-state index contributed by atoms with van der Waals surface area (Å²) in [6.45, 7) is 0. The molecule has 0 saturated heterocycles. The number of ether oxygens (including phenoxy) is 1. The van der Waals surface area contributed by atoms with Crippen molar-refractivity contribution < 1.29 is 14.6 Å². The molecule has 0 aliphatic carbocycles. The molecule has 0 fully saturated rings. The number of methoxy groups -OCH3 is 1. The Balaban J connectivity index is 2.20. The molecule has 0 spiro atoms. The lowest BCUT2D eigenvalue weighted by molar-refractivity contribution is -0.136. The molecule has 21 heavy (non-hydrogen) atoms. The molecule has 2 aromatic carbocycles. The zero-order chi connectivity index (χ0) is 15.2. The van der Waals surface area contributed by atoms with E-state index >= 15 is 0 Å². The first-order chi connectivity index (χ1) is 10.1. The summed E-state index contributed by atoms with van der Waals surface area (Å²) in [6.07, 6.45) is -0.142. The molecule has 0 aliphatic heterocycles. The molecular formula is C16H13NO3S. The van der Waals surface area contributed by atoms with E-state index in [2.05, 4.69) is 0 Å². The molecule has 0 saturated carbocycles. The Hall–Kier alpha value is -2.45. The summed E-state index contributed by atoms with van der Waals surface area (Å²) in [7, 11) is 1.61. The fourth-order valence-corrected chi connectivity index (χ4v) is 2.68. The summed E-state index contributed by atoms with van der Waals surface area (Å²) in [5.74, 6) is -0.157. The van der Waals surface area contributed by atoms with Gasteiger partial charge in [0.15, 0.2) is 0 Å². The van der Waals surface area contributed by atoms with Crippen LogP contribution in [0.2, 0.25) is 0 Å². The summed E-state index contributed by atoms with van der Waals surface area (Å²) in [5.41, 5.74) is 0.931. The van der Waals surface area contributed by atoms with Gasteiger partial charge < -0.3 is 9.84 Å². The van der Waals surface area contributed by atoms with E-state index in [4.69, 9.17) is 15.1 Å². The SMILES string of the molecule is COc1ccc(Sc2ccc(CC(=O)O)c(C#N)c2)cc1. The van der Waals surface area contributed by atoms with Crippen LogP contribution >= 0.6 is 11.8 Å². The van der Waals surface area contributed by atoms with E-state index in [1.165, 1.54) is 11.8 Å². The van der Waals surface area contributed by atoms with Crippen molar-refractivity contribution in [2.24, 2.45) is 0 Å². The summed E-state index contributed by atoms with van der Waals surface area (Å²) in [6, 6.07) is 14.9. The number of carbonyl (C=O) groups is 1. The van der Waals surface area contributed by atoms with Crippen LogP contribution in [0, 0.1) is 11.3 Å². The van der Waals surface area contributed by atoms with Crippen LogP contribution in [0.3, 0.4) is 0 Å². The fraction of sp³-hybridized carbons (Fsp3) is 0.125. The van der Waals surface area contributed by atoms with Gasteiger partial charge in [0.25, 0.3) is 0 Å². The maximum absolute atomic E-state index is 10.7. The second kappa shape index (κ2) is 6.82. The van der Waals surface area contributed by atoms with Crippen molar-refractivity contribution in [2.45, 2.75) is 16.2 Å². The third-order valence-electron chi connectivity index (χ3n) is 2.84. The molecule has 0 bridgehead atoms. The van der Waals surface area contributed by atoms with Gasteiger partial charge >= 0.3 is 5.97 Å². The van der Waals surface area contributed by atoms with Crippen molar-refractivity contribution in [3.8, 4) is 11.8 Å². The zero-order valence-electron chi connectivity index (χ0n) is 11.4. The summed E-state index contributed by atoms with van der Waals surface area (Å²) in [4.78, 5) is 12.7. The maximum atomic E-state index is 10.7. The molecule has 0 aromatic heterocycles. The molecule has 106 valence electrons. The average molecular weight is 299 g/mol. The molecule has 0 atom stereocenters. The minimum atomic E-state index is -0.943. The number of carboxylic acid groups (broad SMARTS) is 1. The molecule has 0 unspecified atom stereocenters. The first-order valence-corrected chi connectivity index (χ1v) is 7.00. The molecule has 4 nitrogen and oxygen atoms in total. The van der Waals surface area contributed by atoms with Gasteiger partial charge in [0, 0.05) is 9.79 Å². The van der Waals surface area contributed by atoms with Gasteiger partial charge in [0.2, 0.25) is 0 Å². The highest BCUT2D eigenvalue weighted by atomic mass is 32.2. The largest absolute Gasteiger partial charge is 0.497 e. The first-order valence-electron chi connectivity index (χ1n) is 6.19. The third kappa shape index (κ3) is 4.01. The van der Waals surface area contributed by atoms with Crippen LogP contribution in [0.4, 0.5) is 0 Å². The lowest BCUT2D eigenvalue weighted by Crippen LogP contribution is -2.02. The minimum Gasteiger partial charge on any atom is -0.497 e. The van der Waals surface area contributed by atoms with Crippen molar-refractivity contribution in [1.29, 1.82) is 5.26 Å². The molecule has 0 amide bonds. The van der Waals surface area contributed by atoms with E-state index in [0.717, 1.165) is 15.5 Å². The van der Waals surface area contributed by atoms with Crippen molar-refractivity contribution in [1.82, 2.24) is 0 Å². The second-order valence-electron chi connectivity index (χ2n) is 4.28. The van der Waals surface area contributed by atoms with E-state index in [0.29, 0.717) is 11.1 Å². The molecule has 1 N–H and O–H groups in total. The topological polar surface area (TPSA) is 70.3 Å². The van der Waals surface area contributed by atoms with Gasteiger partial charge in [0.1, 0.15) is 5.75 Å². The molecule has 0 aliphatic rings. The molecule has 5 heteroatoms. The molecule has 2 rings (SSSR count). The number of aliphatic carboxylic acids is 1. The number of carboxylic acids is 1. The van der Waals surface area contributed by atoms with Gasteiger partial charge in [0.05, 0.1) is 25.2 Å². The van der Waals surface area contributed by atoms with E-state index < -0.39 is 5.97 Å². The highest BCUT2D eigenvalue weighted by molar-refractivity contribution is 7.99. The lowest BCUT2D eigenvalue weighted by Gasteiger charge is -2.06. The Morgan fingerprint density at radius 3 is 2.48 bits per heavy atom. The monoisotopic (exact) mass is 299 g/mol.